The van der Waals surface area contributed by atoms with Crippen LogP contribution in [0.5, 0.6) is 0 Å². The first-order chi connectivity index (χ1) is 17.0. The summed E-state index contributed by atoms with van der Waals surface area (Å²) in [6.07, 6.45) is -3.15. The van der Waals surface area contributed by atoms with Crippen LogP contribution in [0.3, 0.4) is 0 Å². The second kappa shape index (κ2) is 9.88. The van der Waals surface area contributed by atoms with Crippen molar-refractivity contribution in [2.45, 2.75) is 38.3 Å². The Labute approximate surface area is 200 Å². The van der Waals surface area contributed by atoms with Gasteiger partial charge in [-0.1, -0.05) is 6.07 Å². The lowest BCUT2D eigenvalue weighted by Crippen LogP contribution is -2.30. The molecule has 4 rings (SSSR count). The molecule has 1 aromatic carbocycles. The summed E-state index contributed by atoms with van der Waals surface area (Å²) in [6.45, 7) is 1.04. The Balaban J connectivity index is 1.51. The molecule has 0 fully saturated rings. The summed E-state index contributed by atoms with van der Waals surface area (Å²) in [7, 11) is 0. The Morgan fingerprint density at radius 1 is 1.17 bits per heavy atom. The standard InChI is InChI=1S/C24H20F5N5O2/c1-13(32-20-11-31-33-22(35)21(20)24(27,28)29)8-15(25)12-34-7-5-14-9-17(19-4-2-3-6-30-19)18(26)10-16(14)23(34)36/h2-7,9-11,13,15H,8,12H2,1H3,(H2,32,33,35)/t13-,15+/m1/s1. The summed E-state index contributed by atoms with van der Waals surface area (Å²) < 4.78 is 70.2. The molecule has 0 saturated heterocycles. The normalized spacial score (nSPS) is 13.5. The number of halogens is 5. The molecule has 0 saturated carbocycles. The maximum Gasteiger partial charge on any atom is 0.423 e. The Bertz CT molecular complexity index is 1500. The van der Waals surface area contributed by atoms with Crippen molar-refractivity contribution < 1.29 is 22.0 Å². The van der Waals surface area contributed by atoms with Crippen LogP contribution < -0.4 is 16.4 Å². The number of aromatic amines is 1. The van der Waals surface area contributed by atoms with Gasteiger partial charge in [-0.2, -0.15) is 18.3 Å². The first-order valence-electron chi connectivity index (χ1n) is 10.8. The number of benzene rings is 1. The minimum absolute atomic E-state index is 0.0532. The highest BCUT2D eigenvalue weighted by molar-refractivity contribution is 5.86. The predicted octanol–water partition coefficient (Wildman–Crippen LogP) is 4.53. The molecule has 2 N–H and O–H groups in total. The van der Waals surface area contributed by atoms with Gasteiger partial charge < -0.3 is 9.88 Å². The topological polar surface area (TPSA) is 92.7 Å². The molecule has 0 radical (unpaired) electrons. The van der Waals surface area contributed by atoms with E-state index >= 15 is 0 Å². The van der Waals surface area contributed by atoms with Gasteiger partial charge in [0.05, 0.1) is 29.5 Å². The third kappa shape index (κ3) is 5.26. The van der Waals surface area contributed by atoms with Crippen LogP contribution in [0.25, 0.3) is 22.0 Å². The van der Waals surface area contributed by atoms with Crippen LogP contribution in [0.15, 0.2) is 64.6 Å². The van der Waals surface area contributed by atoms with Gasteiger partial charge in [-0.25, -0.2) is 13.9 Å². The Morgan fingerprint density at radius 2 is 1.94 bits per heavy atom. The molecular weight excluding hydrogens is 485 g/mol. The van der Waals surface area contributed by atoms with E-state index in [1.165, 1.54) is 25.4 Å². The minimum atomic E-state index is -4.93. The molecule has 0 aliphatic rings. The number of nitrogens with one attached hydrogen (secondary N) is 2. The van der Waals surface area contributed by atoms with Gasteiger partial charge >= 0.3 is 6.18 Å². The largest absolute Gasteiger partial charge is 0.423 e. The van der Waals surface area contributed by atoms with E-state index in [0.717, 1.165) is 16.8 Å². The SMILES string of the molecule is C[C@H](C[C@H](F)Cn1ccc2cc(-c3ccccn3)c(F)cc2c1=O)Nc1cn[nH]c(=O)c1C(F)(F)F. The fourth-order valence-electron chi connectivity index (χ4n) is 3.95. The monoisotopic (exact) mass is 505 g/mol. The van der Waals surface area contributed by atoms with E-state index < -0.39 is 53.1 Å². The van der Waals surface area contributed by atoms with Crippen molar-refractivity contribution in [3.05, 3.63) is 87.1 Å². The van der Waals surface area contributed by atoms with Crippen molar-refractivity contribution in [2.24, 2.45) is 0 Å². The van der Waals surface area contributed by atoms with Crippen molar-refractivity contribution in [1.29, 1.82) is 0 Å². The zero-order valence-corrected chi connectivity index (χ0v) is 18.8. The van der Waals surface area contributed by atoms with E-state index in [-0.39, 0.29) is 17.4 Å². The van der Waals surface area contributed by atoms with Crippen LogP contribution >= 0.6 is 0 Å². The molecule has 2 atom stereocenters. The van der Waals surface area contributed by atoms with E-state index in [4.69, 9.17) is 0 Å². The van der Waals surface area contributed by atoms with E-state index in [0.29, 0.717) is 11.1 Å². The van der Waals surface area contributed by atoms with Crippen LogP contribution in [-0.4, -0.2) is 32.0 Å². The number of rotatable bonds is 7. The second-order valence-corrected chi connectivity index (χ2v) is 8.27. The zero-order valence-electron chi connectivity index (χ0n) is 18.8. The summed E-state index contributed by atoms with van der Waals surface area (Å²) in [5.41, 5.74) is -3.45. The molecule has 0 unspecified atom stereocenters. The van der Waals surface area contributed by atoms with E-state index in [9.17, 15) is 31.5 Å². The molecule has 36 heavy (non-hydrogen) atoms. The highest BCUT2D eigenvalue weighted by atomic mass is 19.4. The summed E-state index contributed by atoms with van der Waals surface area (Å²) in [5.74, 6) is -0.655. The molecule has 12 heteroatoms. The van der Waals surface area contributed by atoms with E-state index in [1.807, 2.05) is 0 Å². The van der Waals surface area contributed by atoms with Crippen LogP contribution in [-0.2, 0) is 12.7 Å². The maximum atomic E-state index is 14.8. The first kappa shape index (κ1) is 25.0. The zero-order chi connectivity index (χ0) is 26.0. The summed E-state index contributed by atoms with van der Waals surface area (Å²) >= 11 is 0. The molecule has 3 aromatic heterocycles. The molecule has 0 amide bonds. The number of fused-ring (bicyclic) bond motifs is 1. The smallest absolute Gasteiger partial charge is 0.381 e. The number of hydrogen-bond donors (Lipinski definition) is 2. The quantitative estimate of drug-likeness (QED) is 0.360. The lowest BCUT2D eigenvalue weighted by atomic mass is 10.0. The van der Waals surface area contributed by atoms with Gasteiger partial charge in [-0.15, -0.1) is 0 Å². The average Bonchev–Trinajstić information content (AvgIpc) is 2.80. The van der Waals surface area contributed by atoms with Crippen molar-refractivity contribution in [3.63, 3.8) is 0 Å². The summed E-state index contributed by atoms with van der Waals surface area (Å²) in [6, 6.07) is 8.31. The number of H-pyrrole nitrogens is 1. The van der Waals surface area contributed by atoms with Gasteiger partial charge in [0.25, 0.3) is 11.1 Å². The second-order valence-electron chi connectivity index (χ2n) is 8.27. The van der Waals surface area contributed by atoms with Gasteiger partial charge in [0.1, 0.15) is 17.6 Å². The number of anilines is 1. The minimum Gasteiger partial charge on any atom is -0.381 e. The number of nitrogens with zero attached hydrogens (tertiary/aromatic N) is 3. The molecule has 4 aromatic rings. The molecule has 0 bridgehead atoms. The molecule has 0 spiro atoms. The van der Waals surface area contributed by atoms with Crippen molar-refractivity contribution >= 4 is 16.5 Å². The van der Waals surface area contributed by atoms with Crippen LogP contribution in [0.2, 0.25) is 0 Å². The van der Waals surface area contributed by atoms with Gasteiger partial charge in [-0.05, 0) is 42.6 Å². The first-order valence-corrected chi connectivity index (χ1v) is 10.8. The molecule has 3 heterocycles. The van der Waals surface area contributed by atoms with Gasteiger partial charge in [0, 0.05) is 30.4 Å². The lowest BCUT2D eigenvalue weighted by molar-refractivity contribution is -0.138. The Morgan fingerprint density at radius 3 is 2.64 bits per heavy atom. The van der Waals surface area contributed by atoms with Crippen LogP contribution in [0.4, 0.5) is 27.6 Å². The van der Waals surface area contributed by atoms with E-state index in [2.05, 4.69) is 15.4 Å². The molecule has 7 nitrogen and oxygen atoms in total. The van der Waals surface area contributed by atoms with Crippen LogP contribution in [0.1, 0.15) is 18.9 Å². The third-order valence-electron chi connectivity index (χ3n) is 5.55. The maximum absolute atomic E-state index is 14.8. The molecule has 0 aliphatic heterocycles. The molecule has 188 valence electrons. The van der Waals surface area contributed by atoms with Crippen molar-refractivity contribution in [1.82, 2.24) is 19.7 Å². The van der Waals surface area contributed by atoms with Gasteiger partial charge in [0.15, 0.2) is 0 Å². The third-order valence-corrected chi connectivity index (χ3v) is 5.55. The molecular formula is C24H20F5N5O2. The fourth-order valence-corrected chi connectivity index (χ4v) is 3.95. The van der Waals surface area contributed by atoms with Crippen molar-refractivity contribution in [3.8, 4) is 11.3 Å². The highest BCUT2D eigenvalue weighted by Crippen LogP contribution is 2.32. The average molecular weight is 505 g/mol. The number of aromatic nitrogens is 4. The highest BCUT2D eigenvalue weighted by Gasteiger charge is 2.37. The van der Waals surface area contributed by atoms with Crippen molar-refractivity contribution in [2.75, 3.05) is 5.32 Å². The number of hydrogen-bond acceptors (Lipinski definition) is 5. The van der Waals surface area contributed by atoms with Gasteiger partial charge in [0.2, 0.25) is 0 Å². The predicted molar refractivity (Wildman–Crippen MR) is 124 cm³/mol. The van der Waals surface area contributed by atoms with E-state index in [1.54, 1.807) is 29.4 Å². The summed E-state index contributed by atoms with van der Waals surface area (Å²) in [5, 5.41) is 8.05. The fraction of sp³-hybridized carbons (Fsp3) is 0.250. The molecule has 0 aliphatic carbocycles. The Hall–Kier alpha value is -4.09. The van der Waals surface area contributed by atoms with Crippen LogP contribution in [0, 0.1) is 5.82 Å². The summed E-state index contributed by atoms with van der Waals surface area (Å²) in [4.78, 5) is 28.6. The lowest BCUT2D eigenvalue weighted by Gasteiger charge is -2.20. The van der Waals surface area contributed by atoms with Gasteiger partial charge in [-0.3, -0.25) is 14.6 Å². The number of alkyl halides is 4. The Kier molecular flexibility index (Phi) is 6.86. The number of pyridine rings is 2.